The second-order valence-corrected chi connectivity index (χ2v) is 7.18. The first kappa shape index (κ1) is 15.2. The van der Waals surface area contributed by atoms with Crippen molar-refractivity contribution in [2.45, 2.75) is 38.5 Å². The molecule has 1 nitrogen and oxygen atoms in total. The minimum Gasteiger partial charge on any atom is -0.309 e. The van der Waals surface area contributed by atoms with Gasteiger partial charge in [0.2, 0.25) is 0 Å². The molecule has 0 aromatic heterocycles. The lowest BCUT2D eigenvalue weighted by molar-refractivity contribution is 0.125. The monoisotopic (exact) mass is 299 g/mol. The normalized spacial score (nSPS) is 27.8. The zero-order valence-electron chi connectivity index (χ0n) is 12.0. The SMILES string of the molecule is CN(C)C[C@]1(C)CCCCC1c1ccc(Cl)c(Cl)c1. The molecule has 19 heavy (non-hydrogen) atoms. The lowest BCUT2D eigenvalue weighted by Crippen LogP contribution is -2.38. The summed E-state index contributed by atoms with van der Waals surface area (Å²) in [5.74, 6) is 0.582. The second kappa shape index (κ2) is 6.03. The minimum atomic E-state index is 0.332. The Morgan fingerprint density at radius 1 is 1.21 bits per heavy atom. The third kappa shape index (κ3) is 3.45. The van der Waals surface area contributed by atoms with E-state index >= 15 is 0 Å². The van der Waals surface area contributed by atoms with Crippen molar-refractivity contribution in [2.24, 2.45) is 5.41 Å². The van der Waals surface area contributed by atoms with Crippen molar-refractivity contribution < 1.29 is 0 Å². The van der Waals surface area contributed by atoms with Gasteiger partial charge >= 0.3 is 0 Å². The second-order valence-electron chi connectivity index (χ2n) is 6.36. The molecule has 1 fully saturated rings. The number of hydrogen-bond donors (Lipinski definition) is 0. The highest BCUT2D eigenvalue weighted by molar-refractivity contribution is 6.42. The molecule has 0 saturated heterocycles. The summed E-state index contributed by atoms with van der Waals surface area (Å²) < 4.78 is 0. The summed E-state index contributed by atoms with van der Waals surface area (Å²) in [4.78, 5) is 2.30. The van der Waals surface area contributed by atoms with E-state index in [2.05, 4.69) is 38.1 Å². The van der Waals surface area contributed by atoms with Crippen LogP contribution in [0.15, 0.2) is 18.2 Å². The van der Waals surface area contributed by atoms with Gasteiger partial charge in [-0.2, -0.15) is 0 Å². The van der Waals surface area contributed by atoms with E-state index in [1.807, 2.05) is 6.07 Å². The van der Waals surface area contributed by atoms with Crippen LogP contribution in [-0.4, -0.2) is 25.5 Å². The Bertz CT molecular complexity index is 444. The van der Waals surface area contributed by atoms with E-state index in [0.29, 0.717) is 21.4 Å². The molecule has 1 saturated carbocycles. The highest BCUT2D eigenvalue weighted by atomic mass is 35.5. The summed E-state index contributed by atoms with van der Waals surface area (Å²) in [5, 5.41) is 1.33. The maximum atomic E-state index is 6.19. The Hall–Kier alpha value is -0.240. The van der Waals surface area contributed by atoms with Crippen LogP contribution in [0.2, 0.25) is 10.0 Å². The Balaban J connectivity index is 2.30. The average molecular weight is 300 g/mol. The number of rotatable bonds is 3. The van der Waals surface area contributed by atoms with Crippen LogP contribution < -0.4 is 0 Å². The number of halogens is 2. The molecule has 0 heterocycles. The van der Waals surface area contributed by atoms with Gasteiger partial charge in [0, 0.05) is 6.54 Å². The van der Waals surface area contributed by atoms with Crippen LogP contribution in [0, 0.1) is 5.41 Å². The Labute approximate surface area is 126 Å². The van der Waals surface area contributed by atoms with Crippen molar-refractivity contribution in [3.8, 4) is 0 Å². The van der Waals surface area contributed by atoms with E-state index in [9.17, 15) is 0 Å². The molecular weight excluding hydrogens is 277 g/mol. The highest BCUT2D eigenvalue weighted by Gasteiger charge is 2.37. The lowest BCUT2D eigenvalue weighted by Gasteiger charge is -2.43. The van der Waals surface area contributed by atoms with Crippen LogP contribution in [0.5, 0.6) is 0 Å². The maximum Gasteiger partial charge on any atom is 0.0595 e. The van der Waals surface area contributed by atoms with E-state index in [1.165, 1.54) is 31.2 Å². The van der Waals surface area contributed by atoms with Crippen LogP contribution in [0.1, 0.15) is 44.1 Å². The van der Waals surface area contributed by atoms with Gasteiger partial charge in [0.25, 0.3) is 0 Å². The summed E-state index contributed by atoms with van der Waals surface area (Å²) in [5.41, 5.74) is 1.68. The summed E-state index contributed by atoms with van der Waals surface area (Å²) >= 11 is 12.2. The van der Waals surface area contributed by atoms with Gasteiger partial charge in [0.1, 0.15) is 0 Å². The highest BCUT2D eigenvalue weighted by Crippen LogP contribution is 2.48. The smallest absolute Gasteiger partial charge is 0.0595 e. The van der Waals surface area contributed by atoms with E-state index in [4.69, 9.17) is 23.2 Å². The molecule has 0 amide bonds. The molecule has 2 atom stereocenters. The Morgan fingerprint density at radius 3 is 2.58 bits per heavy atom. The van der Waals surface area contributed by atoms with E-state index in [0.717, 1.165) is 6.54 Å². The van der Waals surface area contributed by atoms with Crippen LogP contribution in [0.3, 0.4) is 0 Å². The van der Waals surface area contributed by atoms with Crippen LogP contribution in [0.4, 0.5) is 0 Å². The van der Waals surface area contributed by atoms with Gasteiger partial charge in [-0.1, -0.05) is 49.0 Å². The van der Waals surface area contributed by atoms with Crippen LogP contribution in [-0.2, 0) is 0 Å². The minimum absolute atomic E-state index is 0.332. The van der Waals surface area contributed by atoms with Gasteiger partial charge in [-0.15, -0.1) is 0 Å². The fourth-order valence-corrected chi connectivity index (χ4v) is 3.92. The topological polar surface area (TPSA) is 3.24 Å². The first-order valence-electron chi connectivity index (χ1n) is 7.02. The summed E-state index contributed by atoms with van der Waals surface area (Å²) in [6, 6.07) is 6.15. The van der Waals surface area contributed by atoms with Gasteiger partial charge in [-0.3, -0.25) is 0 Å². The quantitative estimate of drug-likeness (QED) is 0.740. The standard InChI is InChI=1S/C16H23Cl2N/c1-16(11-19(2)3)9-5-4-6-13(16)12-7-8-14(17)15(18)10-12/h7-8,10,13H,4-6,9,11H2,1-3H3/t13?,16-/m0/s1. The van der Waals surface area contributed by atoms with Gasteiger partial charge in [0.15, 0.2) is 0 Å². The first-order chi connectivity index (χ1) is 8.92. The average Bonchev–Trinajstić information content (AvgIpc) is 2.32. The molecule has 3 heteroatoms. The van der Waals surface area contributed by atoms with Gasteiger partial charge in [0.05, 0.1) is 10.0 Å². The fourth-order valence-electron chi connectivity index (χ4n) is 3.61. The van der Waals surface area contributed by atoms with Gasteiger partial charge in [-0.25, -0.2) is 0 Å². The molecule has 2 rings (SSSR count). The predicted octanol–water partition coefficient (Wildman–Crippen LogP) is 5.22. The van der Waals surface area contributed by atoms with Crippen molar-refractivity contribution in [3.05, 3.63) is 33.8 Å². The van der Waals surface area contributed by atoms with Crippen LogP contribution >= 0.6 is 23.2 Å². The third-order valence-electron chi connectivity index (χ3n) is 4.36. The molecule has 0 radical (unpaired) electrons. The maximum absolute atomic E-state index is 6.19. The van der Waals surface area contributed by atoms with Crippen molar-refractivity contribution in [2.75, 3.05) is 20.6 Å². The largest absolute Gasteiger partial charge is 0.309 e. The molecule has 0 spiro atoms. The fraction of sp³-hybridized carbons (Fsp3) is 0.625. The molecule has 1 aromatic rings. The van der Waals surface area contributed by atoms with Crippen LogP contribution in [0.25, 0.3) is 0 Å². The number of benzene rings is 1. The molecule has 1 aliphatic carbocycles. The zero-order chi connectivity index (χ0) is 14.0. The van der Waals surface area contributed by atoms with Gasteiger partial charge < -0.3 is 4.90 Å². The molecule has 1 aliphatic rings. The van der Waals surface area contributed by atoms with E-state index in [-0.39, 0.29) is 0 Å². The van der Waals surface area contributed by atoms with Crippen molar-refractivity contribution >= 4 is 23.2 Å². The molecule has 1 aromatic carbocycles. The third-order valence-corrected chi connectivity index (χ3v) is 5.09. The van der Waals surface area contributed by atoms with Crippen molar-refractivity contribution in [1.29, 1.82) is 0 Å². The molecule has 0 N–H and O–H groups in total. The molecule has 106 valence electrons. The van der Waals surface area contributed by atoms with Gasteiger partial charge in [-0.05, 0) is 56.0 Å². The molecular formula is C16H23Cl2N. The van der Waals surface area contributed by atoms with Crippen molar-refractivity contribution in [1.82, 2.24) is 4.90 Å². The lowest BCUT2D eigenvalue weighted by atomic mass is 9.64. The Morgan fingerprint density at radius 2 is 1.95 bits per heavy atom. The van der Waals surface area contributed by atoms with E-state index < -0.39 is 0 Å². The first-order valence-corrected chi connectivity index (χ1v) is 7.78. The predicted molar refractivity (Wildman–Crippen MR) is 84.3 cm³/mol. The van der Waals surface area contributed by atoms with E-state index in [1.54, 1.807) is 0 Å². The number of nitrogens with zero attached hydrogens (tertiary/aromatic N) is 1. The van der Waals surface area contributed by atoms with Crippen molar-refractivity contribution in [3.63, 3.8) is 0 Å². The number of hydrogen-bond acceptors (Lipinski definition) is 1. The summed E-state index contributed by atoms with van der Waals surface area (Å²) in [6.07, 6.45) is 5.19. The zero-order valence-corrected chi connectivity index (χ0v) is 13.6. The Kier molecular flexibility index (Phi) is 4.81. The molecule has 0 aliphatic heterocycles. The molecule has 0 bridgehead atoms. The summed E-state index contributed by atoms with van der Waals surface area (Å²) in [6.45, 7) is 3.54. The summed E-state index contributed by atoms with van der Waals surface area (Å²) in [7, 11) is 4.32. The molecule has 1 unspecified atom stereocenters.